The van der Waals surface area contributed by atoms with Gasteiger partial charge in [0.2, 0.25) is 0 Å². The molecule has 0 aliphatic rings. The Morgan fingerprint density at radius 1 is 0.375 bits per heavy atom. The second-order valence-corrected chi connectivity index (χ2v) is 14.7. The first kappa shape index (κ1) is 32.1. The lowest BCUT2D eigenvalue weighted by Crippen LogP contribution is -2.00. The quantitative estimate of drug-likeness (QED) is 0.169. The Labute approximate surface area is 325 Å². The minimum atomic E-state index is 0.591. The molecular weight excluding hydrogens is 707 g/mol. The minimum Gasteiger partial charge on any atom is -0.455 e. The fourth-order valence-corrected chi connectivity index (χ4v) is 8.65. The molecule has 6 nitrogen and oxygen atoms in total. The highest BCUT2D eigenvalue weighted by atomic mass is 32.1. The number of rotatable bonds is 6. The van der Waals surface area contributed by atoms with Crippen LogP contribution in [-0.4, -0.2) is 24.9 Å². The van der Waals surface area contributed by atoms with Gasteiger partial charge in [-0.3, -0.25) is 0 Å². The zero-order valence-electron chi connectivity index (χ0n) is 29.8. The first-order chi connectivity index (χ1) is 27.7. The zero-order valence-corrected chi connectivity index (χ0v) is 30.6. The van der Waals surface area contributed by atoms with Crippen LogP contribution in [0.15, 0.2) is 180 Å². The van der Waals surface area contributed by atoms with E-state index in [1.54, 1.807) is 11.3 Å². The van der Waals surface area contributed by atoms with Crippen molar-refractivity contribution in [3.8, 4) is 67.9 Å². The third kappa shape index (κ3) is 5.44. The first-order valence-corrected chi connectivity index (χ1v) is 19.2. The Morgan fingerprint density at radius 2 is 0.911 bits per heavy atom. The summed E-state index contributed by atoms with van der Waals surface area (Å²) in [6.07, 6.45) is 0. The van der Waals surface area contributed by atoms with Crippen LogP contribution < -0.4 is 0 Å². The Kier molecular flexibility index (Phi) is 7.57. The maximum atomic E-state index is 6.71. The standard InChI is InChI=1S/C49H29N5OS/c1-4-14-32(15-5-1)46-50-42(45-43(51-46)36-20-10-11-25-40(36)56-45)31-28-26-30(27-29-31)35-21-12-22-37-41-38(23-13-24-39(41)55-44(35)37)49-53-47(33-16-6-2-7-17-33)52-48(54-49)34-18-8-3-9-19-34/h1-29H. The second kappa shape index (κ2) is 13.2. The first-order valence-electron chi connectivity index (χ1n) is 18.4. The SMILES string of the molecule is c1ccc(-c2nc(-c3ccccc3)nc(-c3cccc4oc5c(-c6ccc(-c7nc(-c8ccccc8)nc8c7sc7ccccc78)cc6)cccc5c34)n2)cc1. The van der Waals surface area contributed by atoms with Gasteiger partial charge in [0.25, 0.3) is 0 Å². The smallest absolute Gasteiger partial charge is 0.164 e. The van der Waals surface area contributed by atoms with Gasteiger partial charge in [-0.25, -0.2) is 24.9 Å². The minimum absolute atomic E-state index is 0.591. The molecule has 7 aromatic carbocycles. The van der Waals surface area contributed by atoms with Gasteiger partial charge in [0.1, 0.15) is 11.2 Å². The van der Waals surface area contributed by atoms with Crippen LogP contribution in [0.25, 0.3) is 110 Å². The molecule has 0 atom stereocenters. The molecule has 56 heavy (non-hydrogen) atoms. The summed E-state index contributed by atoms with van der Waals surface area (Å²) in [5, 5.41) is 3.10. The van der Waals surface area contributed by atoms with E-state index in [9.17, 15) is 0 Å². The molecule has 0 saturated carbocycles. The molecule has 0 bridgehead atoms. The van der Waals surface area contributed by atoms with Gasteiger partial charge in [-0.1, -0.05) is 164 Å². The van der Waals surface area contributed by atoms with Gasteiger partial charge in [-0.05, 0) is 17.7 Å². The van der Waals surface area contributed by atoms with Crippen LogP contribution in [0.4, 0.5) is 0 Å². The molecule has 0 amide bonds. The number of aromatic nitrogens is 5. The molecule has 7 heteroatoms. The van der Waals surface area contributed by atoms with Gasteiger partial charge in [0.05, 0.1) is 15.9 Å². The van der Waals surface area contributed by atoms with Gasteiger partial charge in [0, 0.05) is 54.2 Å². The number of nitrogens with zero attached hydrogens (tertiary/aromatic N) is 5. The monoisotopic (exact) mass is 735 g/mol. The normalized spacial score (nSPS) is 11.6. The van der Waals surface area contributed by atoms with Crippen LogP contribution in [0, 0.1) is 0 Å². The molecule has 0 fully saturated rings. The summed E-state index contributed by atoms with van der Waals surface area (Å²) in [4.78, 5) is 25.2. The molecule has 0 radical (unpaired) electrons. The van der Waals surface area contributed by atoms with E-state index in [0.717, 1.165) is 82.2 Å². The molecule has 0 spiro atoms. The summed E-state index contributed by atoms with van der Waals surface area (Å²) in [6.45, 7) is 0. The number of para-hydroxylation sites is 1. The van der Waals surface area contributed by atoms with Crippen LogP contribution >= 0.6 is 11.3 Å². The molecule has 0 N–H and O–H groups in total. The summed E-state index contributed by atoms with van der Waals surface area (Å²) in [5.41, 5.74) is 10.3. The lowest BCUT2D eigenvalue weighted by molar-refractivity contribution is 0.670. The average Bonchev–Trinajstić information content (AvgIpc) is 3.86. The van der Waals surface area contributed by atoms with Crippen LogP contribution in [0.5, 0.6) is 0 Å². The number of fused-ring (bicyclic) bond motifs is 6. The van der Waals surface area contributed by atoms with E-state index < -0.39 is 0 Å². The average molecular weight is 736 g/mol. The number of hydrogen-bond donors (Lipinski definition) is 0. The Balaban J connectivity index is 1.04. The Bertz CT molecular complexity index is 3180. The molecule has 4 heterocycles. The lowest BCUT2D eigenvalue weighted by Gasteiger charge is -2.09. The predicted octanol–water partition coefficient (Wildman–Crippen LogP) is 12.9. The molecule has 11 aromatic rings. The predicted molar refractivity (Wildman–Crippen MR) is 228 cm³/mol. The second-order valence-electron chi connectivity index (χ2n) is 13.6. The number of furan rings is 1. The van der Waals surface area contributed by atoms with Gasteiger partial charge in [-0.2, -0.15) is 0 Å². The van der Waals surface area contributed by atoms with Crippen LogP contribution in [0.2, 0.25) is 0 Å². The summed E-state index contributed by atoms with van der Waals surface area (Å²) < 4.78 is 8.98. The van der Waals surface area contributed by atoms with Crippen molar-refractivity contribution in [3.63, 3.8) is 0 Å². The van der Waals surface area contributed by atoms with E-state index in [-0.39, 0.29) is 0 Å². The fourth-order valence-electron chi connectivity index (χ4n) is 7.50. The number of thiophene rings is 1. The van der Waals surface area contributed by atoms with E-state index in [1.807, 2.05) is 91.0 Å². The fraction of sp³-hybridized carbons (Fsp3) is 0. The van der Waals surface area contributed by atoms with Crippen molar-refractivity contribution in [1.82, 2.24) is 24.9 Å². The van der Waals surface area contributed by atoms with Crippen LogP contribution in [-0.2, 0) is 0 Å². The maximum absolute atomic E-state index is 6.71. The van der Waals surface area contributed by atoms with Crippen molar-refractivity contribution in [2.75, 3.05) is 0 Å². The van der Waals surface area contributed by atoms with Crippen LogP contribution in [0.1, 0.15) is 0 Å². The third-order valence-corrected chi connectivity index (χ3v) is 11.4. The summed E-state index contributed by atoms with van der Waals surface area (Å²) in [7, 11) is 0. The highest BCUT2D eigenvalue weighted by molar-refractivity contribution is 7.26. The highest BCUT2D eigenvalue weighted by Gasteiger charge is 2.21. The van der Waals surface area contributed by atoms with Crippen molar-refractivity contribution < 1.29 is 4.42 Å². The molecule has 4 aromatic heterocycles. The van der Waals surface area contributed by atoms with Crippen molar-refractivity contribution >= 4 is 53.6 Å². The molecule has 11 rings (SSSR count). The van der Waals surface area contributed by atoms with Gasteiger partial charge in [-0.15, -0.1) is 11.3 Å². The van der Waals surface area contributed by atoms with E-state index in [4.69, 9.17) is 29.3 Å². The van der Waals surface area contributed by atoms with E-state index >= 15 is 0 Å². The Morgan fingerprint density at radius 3 is 1.59 bits per heavy atom. The largest absolute Gasteiger partial charge is 0.455 e. The lowest BCUT2D eigenvalue weighted by atomic mass is 9.99. The Hall–Kier alpha value is -7.35. The highest BCUT2D eigenvalue weighted by Crippen LogP contribution is 2.42. The summed E-state index contributed by atoms with van der Waals surface area (Å²) >= 11 is 1.74. The summed E-state index contributed by atoms with van der Waals surface area (Å²) in [6, 6.07) is 59.8. The molecule has 0 unspecified atom stereocenters. The van der Waals surface area contributed by atoms with Gasteiger partial charge < -0.3 is 4.42 Å². The number of hydrogen-bond acceptors (Lipinski definition) is 7. The molecule has 262 valence electrons. The molecule has 0 aliphatic carbocycles. The number of benzene rings is 7. The van der Waals surface area contributed by atoms with Crippen molar-refractivity contribution in [2.45, 2.75) is 0 Å². The van der Waals surface area contributed by atoms with E-state index in [0.29, 0.717) is 23.3 Å². The van der Waals surface area contributed by atoms with Crippen molar-refractivity contribution in [3.05, 3.63) is 176 Å². The maximum Gasteiger partial charge on any atom is 0.164 e. The summed E-state index contributed by atoms with van der Waals surface area (Å²) in [5.74, 6) is 2.54. The van der Waals surface area contributed by atoms with Gasteiger partial charge >= 0.3 is 0 Å². The third-order valence-electron chi connectivity index (χ3n) is 10.2. The van der Waals surface area contributed by atoms with Gasteiger partial charge in [0.15, 0.2) is 23.3 Å². The molecular formula is C49H29N5OS. The van der Waals surface area contributed by atoms with Crippen molar-refractivity contribution in [2.24, 2.45) is 0 Å². The topological polar surface area (TPSA) is 77.6 Å². The van der Waals surface area contributed by atoms with E-state index in [1.165, 1.54) is 4.70 Å². The van der Waals surface area contributed by atoms with Crippen molar-refractivity contribution in [1.29, 1.82) is 0 Å². The van der Waals surface area contributed by atoms with E-state index in [2.05, 4.69) is 84.9 Å². The van der Waals surface area contributed by atoms with Crippen LogP contribution in [0.3, 0.4) is 0 Å². The molecule has 0 saturated heterocycles. The zero-order chi connectivity index (χ0) is 37.0. The molecule has 0 aliphatic heterocycles.